The highest BCUT2D eigenvalue weighted by atomic mass is 16.7. The number of amides is 2. The van der Waals surface area contributed by atoms with Crippen molar-refractivity contribution in [2.24, 2.45) is 5.92 Å². The lowest BCUT2D eigenvalue weighted by molar-refractivity contribution is -0.276. The molecule has 0 saturated carbocycles. The number of carbonyl (C=O) groups excluding carboxylic acids is 1. The van der Waals surface area contributed by atoms with Crippen molar-refractivity contribution >= 4 is 11.7 Å². The molecule has 0 spiro atoms. The van der Waals surface area contributed by atoms with Crippen LogP contribution in [0, 0.1) is 5.92 Å². The third-order valence-electron chi connectivity index (χ3n) is 9.86. The first-order valence-corrected chi connectivity index (χ1v) is 18.8. The van der Waals surface area contributed by atoms with Crippen LogP contribution in [0.3, 0.4) is 0 Å². The van der Waals surface area contributed by atoms with E-state index in [0.717, 1.165) is 41.1 Å². The number of carbonyl (C=O) groups is 1. The Labute approximate surface area is 323 Å². The van der Waals surface area contributed by atoms with Gasteiger partial charge in [0.15, 0.2) is 6.29 Å². The zero-order valence-corrected chi connectivity index (χ0v) is 31.0. The third-order valence-corrected chi connectivity index (χ3v) is 9.86. The van der Waals surface area contributed by atoms with Crippen molar-refractivity contribution in [3.63, 3.8) is 0 Å². The minimum atomic E-state index is -0.599. The minimum Gasteiger partial charge on any atom is -0.457 e. The second-order valence-corrected chi connectivity index (χ2v) is 14.0. The minimum absolute atomic E-state index is 0.00969. The number of ether oxygens (including phenoxy) is 3. The smallest absolute Gasteiger partial charge is 0.319 e. The van der Waals surface area contributed by atoms with Crippen LogP contribution in [-0.2, 0) is 35.7 Å². The summed E-state index contributed by atoms with van der Waals surface area (Å²) >= 11 is 0. The van der Waals surface area contributed by atoms with E-state index in [0.29, 0.717) is 24.5 Å². The molecule has 1 aliphatic heterocycles. The summed E-state index contributed by atoms with van der Waals surface area (Å²) in [6.45, 7) is 4.81. The molecule has 1 fully saturated rings. The van der Waals surface area contributed by atoms with E-state index < -0.39 is 6.29 Å². The number of nitrogens with zero attached hydrogens (tertiary/aromatic N) is 1. The van der Waals surface area contributed by atoms with Crippen LogP contribution in [-0.4, -0.2) is 28.7 Å². The standard InChI is InChI=1S/C47H47N3O5/c1-34-44(32-50(30-36-11-5-2-6-12-36)31-37-13-7-3-8-14-37)54-46(55-45(34)39-21-19-38(33-51)20-22-39)40-23-17-35(18-24-40)29-48-47(52)49-41-25-27-43(28-26-41)53-42-15-9-4-10-16-42/h2-28,34,44-46,51H,29-33H2,1H3,(H2,48,49,52). The number of benzene rings is 6. The van der Waals surface area contributed by atoms with E-state index >= 15 is 0 Å². The summed E-state index contributed by atoms with van der Waals surface area (Å²) in [5, 5.41) is 15.5. The number of urea groups is 1. The lowest BCUT2D eigenvalue weighted by atomic mass is 9.89. The van der Waals surface area contributed by atoms with Crippen LogP contribution in [0.2, 0.25) is 0 Å². The molecule has 8 nitrogen and oxygen atoms in total. The maximum absolute atomic E-state index is 12.8. The molecule has 0 aliphatic carbocycles. The number of hydrogen-bond donors (Lipinski definition) is 3. The number of anilines is 1. The molecule has 8 heteroatoms. The average Bonchev–Trinajstić information content (AvgIpc) is 3.23. The molecule has 0 aromatic heterocycles. The van der Waals surface area contributed by atoms with E-state index in [1.165, 1.54) is 11.1 Å². The summed E-state index contributed by atoms with van der Waals surface area (Å²) in [6, 6.07) is 53.6. The van der Waals surface area contributed by atoms with Gasteiger partial charge in [-0.2, -0.15) is 0 Å². The van der Waals surface area contributed by atoms with Gasteiger partial charge in [0.25, 0.3) is 0 Å². The van der Waals surface area contributed by atoms with Crippen LogP contribution >= 0.6 is 0 Å². The lowest BCUT2D eigenvalue weighted by Crippen LogP contribution is -2.44. The molecule has 3 N–H and O–H groups in total. The second-order valence-electron chi connectivity index (χ2n) is 14.0. The fourth-order valence-electron chi connectivity index (χ4n) is 6.83. The van der Waals surface area contributed by atoms with Crippen molar-refractivity contribution in [2.45, 2.75) is 51.7 Å². The number of nitrogens with one attached hydrogen (secondary N) is 2. The Morgan fingerprint density at radius 1 is 0.636 bits per heavy atom. The van der Waals surface area contributed by atoms with Gasteiger partial charge in [-0.05, 0) is 64.2 Å². The van der Waals surface area contributed by atoms with E-state index in [9.17, 15) is 9.90 Å². The fraction of sp³-hybridized carbons (Fsp3) is 0.213. The van der Waals surface area contributed by atoms with Gasteiger partial charge in [0.05, 0.1) is 18.8 Å². The van der Waals surface area contributed by atoms with E-state index in [-0.39, 0.29) is 30.8 Å². The van der Waals surface area contributed by atoms with Gasteiger partial charge in [-0.3, -0.25) is 4.90 Å². The van der Waals surface area contributed by atoms with Crippen molar-refractivity contribution in [3.05, 3.63) is 197 Å². The molecular weight excluding hydrogens is 687 g/mol. The topological polar surface area (TPSA) is 92.3 Å². The van der Waals surface area contributed by atoms with Crippen molar-refractivity contribution in [3.8, 4) is 11.5 Å². The van der Waals surface area contributed by atoms with E-state index in [4.69, 9.17) is 14.2 Å². The molecule has 4 atom stereocenters. The summed E-state index contributed by atoms with van der Waals surface area (Å²) in [4.78, 5) is 15.2. The van der Waals surface area contributed by atoms with E-state index in [2.05, 4.69) is 71.0 Å². The summed E-state index contributed by atoms with van der Waals surface area (Å²) in [7, 11) is 0. The Bertz CT molecular complexity index is 2020. The molecule has 1 saturated heterocycles. The molecule has 4 unspecified atom stereocenters. The van der Waals surface area contributed by atoms with Gasteiger partial charge in [0.2, 0.25) is 0 Å². The van der Waals surface area contributed by atoms with Gasteiger partial charge in [0, 0.05) is 43.3 Å². The molecular formula is C47H47N3O5. The quantitative estimate of drug-likeness (QED) is 0.103. The third kappa shape index (κ3) is 10.5. The van der Waals surface area contributed by atoms with Crippen molar-refractivity contribution in [1.29, 1.82) is 0 Å². The Morgan fingerprint density at radius 2 is 1.18 bits per heavy atom. The first-order chi connectivity index (χ1) is 27.0. The molecule has 0 radical (unpaired) electrons. The molecule has 1 aliphatic rings. The predicted octanol–water partition coefficient (Wildman–Crippen LogP) is 9.79. The van der Waals surface area contributed by atoms with Crippen LogP contribution in [0.5, 0.6) is 11.5 Å². The van der Waals surface area contributed by atoms with E-state index in [1.54, 1.807) is 0 Å². The molecule has 6 aromatic carbocycles. The van der Waals surface area contributed by atoms with Gasteiger partial charge in [-0.15, -0.1) is 0 Å². The Morgan fingerprint density at radius 3 is 1.78 bits per heavy atom. The molecule has 0 bridgehead atoms. The highest BCUT2D eigenvalue weighted by molar-refractivity contribution is 5.89. The van der Waals surface area contributed by atoms with E-state index in [1.807, 2.05) is 115 Å². The molecule has 1 heterocycles. The largest absolute Gasteiger partial charge is 0.457 e. The maximum atomic E-state index is 12.8. The fourth-order valence-corrected chi connectivity index (χ4v) is 6.83. The molecule has 7 rings (SSSR count). The number of para-hydroxylation sites is 1. The number of hydrogen-bond acceptors (Lipinski definition) is 6. The molecule has 2 amide bonds. The average molecular weight is 734 g/mol. The van der Waals surface area contributed by atoms with Gasteiger partial charge in [0.1, 0.15) is 11.5 Å². The summed E-state index contributed by atoms with van der Waals surface area (Å²) < 4.78 is 19.4. The Kier molecular flexibility index (Phi) is 12.6. The van der Waals surface area contributed by atoms with Gasteiger partial charge in [-0.1, -0.05) is 134 Å². The van der Waals surface area contributed by atoms with Crippen LogP contribution < -0.4 is 15.4 Å². The highest BCUT2D eigenvalue weighted by Gasteiger charge is 2.39. The van der Waals surface area contributed by atoms with Crippen molar-refractivity contribution in [2.75, 3.05) is 11.9 Å². The number of aliphatic hydroxyl groups excluding tert-OH is 1. The normalized spacial score (nSPS) is 18.1. The first-order valence-electron chi connectivity index (χ1n) is 18.8. The summed E-state index contributed by atoms with van der Waals surface area (Å²) in [6.07, 6.45) is -0.966. The molecule has 6 aromatic rings. The van der Waals surface area contributed by atoms with Gasteiger partial charge >= 0.3 is 6.03 Å². The van der Waals surface area contributed by atoms with Crippen LogP contribution in [0.25, 0.3) is 0 Å². The second kappa shape index (κ2) is 18.5. The summed E-state index contributed by atoms with van der Waals surface area (Å²) in [5.41, 5.74) is 6.90. The monoisotopic (exact) mass is 733 g/mol. The Balaban J connectivity index is 1.02. The van der Waals surface area contributed by atoms with Crippen LogP contribution in [0.1, 0.15) is 52.7 Å². The number of aliphatic hydroxyl groups is 1. The SMILES string of the molecule is CC1C(CN(Cc2ccccc2)Cc2ccccc2)OC(c2ccc(CNC(=O)Nc3ccc(Oc4ccccc4)cc3)cc2)OC1c1ccc(CO)cc1. The van der Waals surface area contributed by atoms with Gasteiger partial charge in [-0.25, -0.2) is 4.79 Å². The molecule has 55 heavy (non-hydrogen) atoms. The van der Waals surface area contributed by atoms with Gasteiger partial charge < -0.3 is 30.0 Å². The first kappa shape index (κ1) is 37.5. The van der Waals surface area contributed by atoms with Crippen molar-refractivity contribution in [1.82, 2.24) is 10.2 Å². The lowest BCUT2D eigenvalue weighted by Gasteiger charge is -2.43. The van der Waals surface area contributed by atoms with Crippen molar-refractivity contribution < 1.29 is 24.1 Å². The predicted molar refractivity (Wildman–Crippen MR) is 215 cm³/mol. The Hall–Kier alpha value is -5.77. The molecule has 280 valence electrons. The number of rotatable bonds is 14. The summed E-state index contributed by atoms with van der Waals surface area (Å²) in [5.74, 6) is 1.48. The maximum Gasteiger partial charge on any atom is 0.319 e. The van der Waals surface area contributed by atoms with Crippen LogP contribution in [0.15, 0.2) is 164 Å². The highest BCUT2D eigenvalue weighted by Crippen LogP contribution is 2.42. The van der Waals surface area contributed by atoms with Crippen LogP contribution in [0.4, 0.5) is 10.5 Å². The zero-order valence-electron chi connectivity index (χ0n) is 31.0. The zero-order chi connectivity index (χ0) is 37.8.